The van der Waals surface area contributed by atoms with Crippen LogP contribution in [0.15, 0.2) is 67.0 Å². The van der Waals surface area contributed by atoms with Crippen LogP contribution in [0.25, 0.3) is 5.69 Å². The van der Waals surface area contributed by atoms with Crippen LogP contribution in [0.2, 0.25) is 0 Å². The highest BCUT2D eigenvalue weighted by Crippen LogP contribution is 2.32. The first kappa shape index (κ1) is 23.8. The van der Waals surface area contributed by atoms with Crippen LogP contribution in [0, 0.1) is 13.8 Å². The first-order valence-electron chi connectivity index (χ1n) is 12.2. The van der Waals surface area contributed by atoms with E-state index in [-0.39, 0.29) is 5.91 Å². The number of hydrogen-bond acceptors (Lipinski definition) is 5. The van der Waals surface area contributed by atoms with Crippen molar-refractivity contribution in [2.75, 3.05) is 13.2 Å². The molecule has 2 aromatic carbocycles. The topological polar surface area (TPSA) is 85.4 Å². The molecule has 3 heterocycles. The van der Waals surface area contributed by atoms with Crippen molar-refractivity contribution in [1.82, 2.24) is 24.5 Å². The van der Waals surface area contributed by atoms with Crippen LogP contribution in [0.5, 0.6) is 5.75 Å². The molecule has 1 aliphatic heterocycles. The fourth-order valence-electron chi connectivity index (χ4n) is 4.66. The predicted molar refractivity (Wildman–Crippen MR) is 136 cm³/mol. The number of fused-ring (bicyclic) bond motifs is 1. The van der Waals surface area contributed by atoms with Gasteiger partial charge in [0.1, 0.15) is 12.4 Å². The zero-order chi connectivity index (χ0) is 25.3. The SMILES string of the molecule is Cc1cc(C)n(-c2cccc(C(=O)N3CCOc4ccc(C(C)(O)CCn5cccn5)cc4C3)c2)n1. The summed E-state index contributed by atoms with van der Waals surface area (Å²) in [6.45, 7) is 7.65. The van der Waals surface area contributed by atoms with Gasteiger partial charge in [-0.05, 0) is 75.2 Å². The van der Waals surface area contributed by atoms with Gasteiger partial charge in [0, 0.05) is 42.3 Å². The number of amides is 1. The van der Waals surface area contributed by atoms with Crippen molar-refractivity contribution in [3.63, 3.8) is 0 Å². The Morgan fingerprint density at radius 3 is 2.75 bits per heavy atom. The Balaban J connectivity index is 1.36. The van der Waals surface area contributed by atoms with E-state index in [2.05, 4.69) is 10.2 Å². The summed E-state index contributed by atoms with van der Waals surface area (Å²) in [5, 5.41) is 20.0. The van der Waals surface area contributed by atoms with E-state index in [0.717, 1.165) is 34.0 Å². The van der Waals surface area contributed by atoms with Crippen LogP contribution in [-0.4, -0.2) is 48.6 Å². The lowest BCUT2D eigenvalue weighted by atomic mass is 9.91. The van der Waals surface area contributed by atoms with Crippen LogP contribution in [-0.2, 0) is 18.7 Å². The number of ether oxygens (including phenoxy) is 1. The zero-order valence-electron chi connectivity index (χ0n) is 20.9. The van der Waals surface area contributed by atoms with Gasteiger partial charge in [-0.1, -0.05) is 12.1 Å². The highest BCUT2D eigenvalue weighted by atomic mass is 16.5. The van der Waals surface area contributed by atoms with E-state index >= 15 is 0 Å². The second-order valence-electron chi connectivity index (χ2n) is 9.58. The minimum Gasteiger partial charge on any atom is -0.491 e. The van der Waals surface area contributed by atoms with Gasteiger partial charge in [0.2, 0.25) is 0 Å². The van der Waals surface area contributed by atoms with E-state index in [0.29, 0.717) is 38.2 Å². The van der Waals surface area contributed by atoms with Gasteiger partial charge in [-0.25, -0.2) is 4.68 Å². The van der Waals surface area contributed by atoms with Gasteiger partial charge >= 0.3 is 0 Å². The summed E-state index contributed by atoms with van der Waals surface area (Å²) in [6.07, 6.45) is 4.12. The molecule has 186 valence electrons. The average Bonchev–Trinajstić information content (AvgIpc) is 3.45. The van der Waals surface area contributed by atoms with E-state index in [4.69, 9.17) is 4.74 Å². The molecule has 8 nitrogen and oxygen atoms in total. The second kappa shape index (κ2) is 9.62. The van der Waals surface area contributed by atoms with Gasteiger partial charge in [-0.15, -0.1) is 0 Å². The lowest BCUT2D eigenvalue weighted by Gasteiger charge is -2.25. The van der Waals surface area contributed by atoms with Crippen molar-refractivity contribution in [1.29, 1.82) is 0 Å². The molecule has 36 heavy (non-hydrogen) atoms. The molecule has 0 saturated carbocycles. The molecule has 5 rings (SSSR count). The molecule has 4 aromatic rings. The van der Waals surface area contributed by atoms with Crippen molar-refractivity contribution in [2.24, 2.45) is 0 Å². The second-order valence-corrected chi connectivity index (χ2v) is 9.58. The maximum atomic E-state index is 13.5. The lowest BCUT2D eigenvalue weighted by Crippen LogP contribution is -2.32. The largest absolute Gasteiger partial charge is 0.491 e. The standard InChI is InChI=1S/C28H31N5O3/c1-20-16-21(2)33(30-20)25-7-4-6-22(18-25)27(34)31-14-15-36-26-9-8-24(17-23(26)19-31)28(3,35)10-13-32-12-5-11-29-32/h4-9,11-12,16-18,35H,10,13-15,19H2,1-3H3. The molecule has 0 bridgehead atoms. The summed E-state index contributed by atoms with van der Waals surface area (Å²) in [5.41, 5.74) is 4.03. The normalized spacial score (nSPS) is 15.1. The fourth-order valence-corrected chi connectivity index (χ4v) is 4.66. The van der Waals surface area contributed by atoms with Crippen molar-refractivity contribution in [2.45, 2.75) is 45.9 Å². The van der Waals surface area contributed by atoms with Gasteiger partial charge in [0.15, 0.2) is 0 Å². The van der Waals surface area contributed by atoms with Gasteiger partial charge < -0.3 is 14.7 Å². The molecule has 0 fully saturated rings. The number of rotatable bonds is 6. The third-order valence-electron chi connectivity index (χ3n) is 6.68. The average molecular weight is 486 g/mol. The predicted octanol–water partition coefficient (Wildman–Crippen LogP) is 4.02. The molecule has 0 spiro atoms. The summed E-state index contributed by atoms with van der Waals surface area (Å²) in [7, 11) is 0. The molecule has 0 saturated heterocycles. The number of hydrogen-bond donors (Lipinski definition) is 1. The first-order valence-corrected chi connectivity index (χ1v) is 12.2. The van der Waals surface area contributed by atoms with Gasteiger partial charge in [0.05, 0.1) is 23.5 Å². The Morgan fingerprint density at radius 2 is 2.00 bits per heavy atom. The van der Waals surface area contributed by atoms with Crippen LogP contribution in [0.3, 0.4) is 0 Å². The third-order valence-corrected chi connectivity index (χ3v) is 6.68. The van der Waals surface area contributed by atoms with E-state index in [1.165, 1.54) is 0 Å². The Bertz CT molecular complexity index is 1370. The van der Waals surface area contributed by atoms with E-state index in [1.807, 2.05) is 90.9 Å². The molecular weight excluding hydrogens is 454 g/mol. The minimum absolute atomic E-state index is 0.0642. The van der Waals surface area contributed by atoms with Crippen molar-refractivity contribution in [3.8, 4) is 11.4 Å². The molecule has 1 N–H and O–H groups in total. The van der Waals surface area contributed by atoms with Gasteiger partial charge in [-0.3, -0.25) is 9.48 Å². The summed E-state index contributed by atoms with van der Waals surface area (Å²) >= 11 is 0. The Labute approximate surface area is 210 Å². The van der Waals surface area contributed by atoms with E-state index < -0.39 is 5.60 Å². The number of benzene rings is 2. The molecule has 1 atom stereocenters. The maximum absolute atomic E-state index is 13.5. The Kier molecular flexibility index (Phi) is 6.36. The zero-order valence-corrected chi connectivity index (χ0v) is 20.9. The quantitative estimate of drug-likeness (QED) is 0.446. The highest BCUT2D eigenvalue weighted by molar-refractivity contribution is 5.94. The number of aryl methyl sites for hydroxylation is 3. The molecule has 8 heteroatoms. The first-order chi connectivity index (χ1) is 17.3. The fraction of sp³-hybridized carbons (Fsp3) is 0.321. The van der Waals surface area contributed by atoms with Crippen LogP contribution >= 0.6 is 0 Å². The highest BCUT2D eigenvalue weighted by Gasteiger charge is 2.27. The van der Waals surface area contributed by atoms with E-state index in [1.54, 1.807) is 11.1 Å². The van der Waals surface area contributed by atoms with Crippen LogP contribution in [0.1, 0.15) is 46.2 Å². The molecule has 0 radical (unpaired) electrons. The molecule has 1 amide bonds. The maximum Gasteiger partial charge on any atom is 0.254 e. The Morgan fingerprint density at radius 1 is 1.14 bits per heavy atom. The molecular formula is C28H31N5O3. The Hall–Kier alpha value is -3.91. The summed E-state index contributed by atoms with van der Waals surface area (Å²) in [4.78, 5) is 15.3. The third kappa shape index (κ3) is 4.90. The monoisotopic (exact) mass is 485 g/mol. The number of nitrogens with zero attached hydrogens (tertiary/aromatic N) is 5. The van der Waals surface area contributed by atoms with Gasteiger partial charge in [0.25, 0.3) is 5.91 Å². The van der Waals surface area contributed by atoms with Crippen LogP contribution < -0.4 is 4.74 Å². The summed E-state index contributed by atoms with van der Waals surface area (Å²) < 4.78 is 9.62. The molecule has 2 aromatic heterocycles. The van der Waals surface area contributed by atoms with Crippen LogP contribution in [0.4, 0.5) is 0 Å². The van der Waals surface area contributed by atoms with Crippen molar-refractivity contribution in [3.05, 3.63) is 95.1 Å². The molecule has 1 aliphatic rings. The minimum atomic E-state index is -1.05. The molecule has 0 aliphatic carbocycles. The number of aliphatic hydroxyl groups is 1. The van der Waals surface area contributed by atoms with Gasteiger partial charge in [-0.2, -0.15) is 10.2 Å². The summed E-state index contributed by atoms with van der Waals surface area (Å²) in [6, 6.07) is 17.2. The summed E-state index contributed by atoms with van der Waals surface area (Å²) in [5.74, 6) is 0.680. The lowest BCUT2D eigenvalue weighted by molar-refractivity contribution is 0.0419. The van der Waals surface area contributed by atoms with E-state index in [9.17, 15) is 9.90 Å². The smallest absolute Gasteiger partial charge is 0.254 e. The van der Waals surface area contributed by atoms with Crippen molar-refractivity contribution >= 4 is 5.91 Å². The number of carbonyl (C=O) groups excluding carboxylic acids is 1. The number of carbonyl (C=O) groups is 1. The molecule has 1 unspecified atom stereocenters. The van der Waals surface area contributed by atoms with Crippen molar-refractivity contribution < 1.29 is 14.6 Å². The number of aromatic nitrogens is 4.